The van der Waals surface area contributed by atoms with Crippen molar-refractivity contribution in [2.24, 2.45) is 0 Å². The van der Waals surface area contributed by atoms with Crippen molar-refractivity contribution in [1.82, 2.24) is 0 Å². The molecule has 1 unspecified atom stereocenters. The molecule has 0 amide bonds. The van der Waals surface area contributed by atoms with Crippen molar-refractivity contribution in [2.75, 3.05) is 30.3 Å². The van der Waals surface area contributed by atoms with Gasteiger partial charge >= 0.3 is 0 Å². The van der Waals surface area contributed by atoms with E-state index in [4.69, 9.17) is 15.7 Å². The van der Waals surface area contributed by atoms with E-state index in [0.29, 0.717) is 17.9 Å². The number of rotatable bonds is 1. The third-order valence-electron chi connectivity index (χ3n) is 2.79. The van der Waals surface area contributed by atoms with Gasteiger partial charge in [0.1, 0.15) is 6.07 Å². The lowest BCUT2D eigenvalue weighted by Gasteiger charge is -2.33. The molecule has 4 nitrogen and oxygen atoms in total. The maximum atomic E-state index is 8.92. The summed E-state index contributed by atoms with van der Waals surface area (Å²) in [5.41, 5.74) is 8.01. The molecule has 1 aromatic rings. The predicted octanol–water partition coefficient (Wildman–Crippen LogP) is 1.37. The van der Waals surface area contributed by atoms with Gasteiger partial charge in [-0.3, -0.25) is 0 Å². The van der Waals surface area contributed by atoms with Crippen molar-refractivity contribution < 1.29 is 4.74 Å². The van der Waals surface area contributed by atoms with Crippen LogP contribution in [0.1, 0.15) is 12.5 Å². The predicted molar refractivity (Wildman–Crippen MR) is 63.2 cm³/mol. The van der Waals surface area contributed by atoms with E-state index >= 15 is 0 Å². The largest absolute Gasteiger partial charge is 0.396 e. The molecular weight excluding hydrogens is 202 g/mol. The summed E-state index contributed by atoms with van der Waals surface area (Å²) in [4.78, 5) is 2.17. The van der Waals surface area contributed by atoms with E-state index in [1.165, 1.54) is 0 Å². The lowest BCUT2D eigenvalue weighted by Crippen LogP contribution is -2.41. The molecule has 0 bridgehead atoms. The number of nitrogens with two attached hydrogens (primary N) is 1. The molecule has 1 aliphatic heterocycles. The van der Waals surface area contributed by atoms with Gasteiger partial charge in [-0.15, -0.1) is 0 Å². The van der Waals surface area contributed by atoms with E-state index in [2.05, 4.69) is 11.0 Å². The topological polar surface area (TPSA) is 62.3 Å². The van der Waals surface area contributed by atoms with Crippen LogP contribution in [0.4, 0.5) is 11.4 Å². The maximum absolute atomic E-state index is 8.92. The average Bonchev–Trinajstić information content (AvgIpc) is 2.29. The number of anilines is 2. The normalized spacial score (nSPS) is 20.5. The van der Waals surface area contributed by atoms with Crippen molar-refractivity contribution in [3.05, 3.63) is 23.8 Å². The van der Waals surface area contributed by atoms with Gasteiger partial charge in [-0.2, -0.15) is 5.26 Å². The molecule has 4 heteroatoms. The summed E-state index contributed by atoms with van der Waals surface area (Å²) < 4.78 is 5.48. The monoisotopic (exact) mass is 217 g/mol. The number of hydrogen-bond donors (Lipinski definition) is 1. The minimum Gasteiger partial charge on any atom is -0.396 e. The molecule has 0 aliphatic carbocycles. The first-order valence-electron chi connectivity index (χ1n) is 5.37. The van der Waals surface area contributed by atoms with Crippen LogP contribution in [0.5, 0.6) is 0 Å². The quantitative estimate of drug-likeness (QED) is 0.721. The highest BCUT2D eigenvalue weighted by Gasteiger charge is 2.19. The number of nitrogen functional groups attached to an aromatic ring is 1. The fourth-order valence-electron chi connectivity index (χ4n) is 1.96. The molecular formula is C12H15N3O. The van der Waals surface area contributed by atoms with Gasteiger partial charge < -0.3 is 15.4 Å². The summed E-state index contributed by atoms with van der Waals surface area (Å²) in [7, 11) is 0. The van der Waals surface area contributed by atoms with Crippen molar-refractivity contribution in [2.45, 2.75) is 13.0 Å². The Morgan fingerprint density at radius 3 is 3.06 bits per heavy atom. The van der Waals surface area contributed by atoms with E-state index in [1.807, 2.05) is 19.1 Å². The molecule has 0 radical (unpaired) electrons. The number of nitriles is 1. The minimum absolute atomic E-state index is 0.207. The second-order valence-corrected chi connectivity index (χ2v) is 3.98. The molecule has 0 spiro atoms. The van der Waals surface area contributed by atoms with Crippen molar-refractivity contribution >= 4 is 11.4 Å². The number of hydrogen-bond acceptors (Lipinski definition) is 4. The Bertz CT molecular complexity index is 425. The summed E-state index contributed by atoms with van der Waals surface area (Å²) in [6.07, 6.45) is 0.207. The zero-order valence-electron chi connectivity index (χ0n) is 9.31. The summed E-state index contributed by atoms with van der Waals surface area (Å²) in [6.45, 7) is 4.39. The highest BCUT2D eigenvalue weighted by molar-refractivity contribution is 5.74. The molecule has 1 fully saturated rings. The van der Waals surface area contributed by atoms with Crippen LogP contribution in [0.25, 0.3) is 0 Å². The molecule has 0 aromatic heterocycles. The Kier molecular flexibility index (Phi) is 2.97. The van der Waals surface area contributed by atoms with Gasteiger partial charge in [0.2, 0.25) is 0 Å². The number of benzene rings is 1. The highest BCUT2D eigenvalue weighted by atomic mass is 16.5. The maximum Gasteiger partial charge on any atom is 0.101 e. The summed E-state index contributed by atoms with van der Waals surface area (Å²) in [6, 6.07) is 7.66. The fourth-order valence-corrected chi connectivity index (χ4v) is 1.96. The van der Waals surface area contributed by atoms with Crippen LogP contribution in [0.3, 0.4) is 0 Å². The fraction of sp³-hybridized carbons (Fsp3) is 0.417. The van der Waals surface area contributed by atoms with Crippen LogP contribution in [-0.2, 0) is 4.74 Å². The Labute approximate surface area is 95.2 Å². The van der Waals surface area contributed by atoms with Crippen LogP contribution < -0.4 is 10.6 Å². The molecule has 1 aliphatic rings. The minimum atomic E-state index is 0.207. The van der Waals surface area contributed by atoms with Gasteiger partial charge in [-0.05, 0) is 19.1 Å². The van der Waals surface area contributed by atoms with Crippen LogP contribution in [0.15, 0.2) is 18.2 Å². The second kappa shape index (κ2) is 4.42. The molecule has 1 aromatic carbocycles. The third-order valence-corrected chi connectivity index (χ3v) is 2.79. The molecule has 16 heavy (non-hydrogen) atoms. The number of nitrogens with zero attached hydrogens (tertiary/aromatic N) is 2. The molecule has 1 saturated heterocycles. The summed E-state index contributed by atoms with van der Waals surface area (Å²) in [5.74, 6) is 0. The van der Waals surface area contributed by atoms with E-state index in [-0.39, 0.29) is 6.10 Å². The Morgan fingerprint density at radius 1 is 1.56 bits per heavy atom. The molecule has 2 N–H and O–H groups in total. The van der Waals surface area contributed by atoms with Crippen molar-refractivity contribution in [3.63, 3.8) is 0 Å². The lowest BCUT2D eigenvalue weighted by molar-refractivity contribution is 0.0533. The smallest absolute Gasteiger partial charge is 0.101 e. The number of para-hydroxylation sites is 1. The van der Waals surface area contributed by atoms with E-state index in [1.54, 1.807) is 6.07 Å². The van der Waals surface area contributed by atoms with Gasteiger partial charge in [-0.25, -0.2) is 0 Å². The van der Waals surface area contributed by atoms with Gasteiger partial charge in [0, 0.05) is 13.1 Å². The standard InChI is InChI=1S/C12H15N3O/c1-9-8-15(5-6-16-9)11-4-2-3-10(7-13)12(11)14/h2-4,9H,5-6,8,14H2,1H3. The lowest BCUT2D eigenvalue weighted by atomic mass is 10.1. The van der Waals surface area contributed by atoms with Crippen LogP contribution in [0, 0.1) is 11.3 Å². The Morgan fingerprint density at radius 2 is 2.38 bits per heavy atom. The first kappa shape index (κ1) is 10.8. The van der Waals surface area contributed by atoms with E-state index < -0.39 is 0 Å². The Balaban J connectivity index is 2.30. The van der Waals surface area contributed by atoms with Crippen LogP contribution in [-0.4, -0.2) is 25.8 Å². The number of ether oxygens (including phenoxy) is 1. The Hall–Kier alpha value is -1.73. The first-order chi connectivity index (χ1) is 7.72. The van der Waals surface area contributed by atoms with Gasteiger partial charge in [0.15, 0.2) is 0 Å². The van der Waals surface area contributed by atoms with E-state index in [0.717, 1.165) is 18.8 Å². The SMILES string of the molecule is CC1CN(c2cccc(C#N)c2N)CCO1. The molecule has 1 heterocycles. The summed E-state index contributed by atoms with van der Waals surface area (Å²) >= 11 is 0. The van der Waals surface area contributed by atoms with Crippen molar-refractivity contribution in [1.29, 1.82) is 5.26 Å². The van der Waals surface area contributed by atoms with Crippen molar-refractivity contribution in [3.8, 4) is 6.07 Å². The second-order valence-electron chi connectivity index (χ2n) is 3.98. The average molecular weight is 217 g/mol. The van der Waals surface area contributed by atoms with E-state index in [9.17, 15) is 0 Å². The van der Waals surface area contributed by atoms with Crippen LogP contribution >= 0.6 is 0 Å². The number of morpholine rings is 1. The van der Waals surface area contributed by atoms with Gasteiger partial charge in [0.05, 0.1) is 29.6 Å². The zero-order chi connectivity index (χ0) is 11.5. The highest BCUT2D eigenvalue weighted by Crippen LogP contribution is 2.27. The third kappa shape index (κ3) is 1.95. The first-order valence-corrected chi connectivity index (χ1v) is 5.37. The summed E-state index contributed by atoms with van der Waals surface area (Å²) in [5, 5.41) is 8.92. The molecule has 2 rings (SSSR count). The molecule has 0 saturated carbocycles. The molecule has 84 valence electrons. The van der Waals surface area contributed by atoms with Crippen LogP contribution in [0.2, 0.25) is 0 Å². The zero-order valence-corrected chi connectivity index (χ0v) is 9.31. The van der Waals surface area contributed by atoms with Gasteiger partial charge in [0.25, 0.3) is 0 Å². The molecule has 1 atom stereocenters. The van der Waals surface area contributed by atoms with Gasteiger partial charge in [-0.1, -0.05) is 6.07 Å².